The Hall–Kier alpha value is -0.835. The number of rotatable bonds is 1. The Bertz CT molecular complexity index is 506. The fourth-order valence-electron chi connectivity index (χ4n) is 2.66. The molecule has 4 heteroatoms. The van der Waals surface area contributed by atoms with Crippen molar-refractivity contribution < 1.29 is 14.0 Å². The Morgan fingerprint density at radius 3 is 2.26 bits per heavy atom. The van der Waals surface area contributed by atoms with Crippen molar-refractivity contribution in [1.29, 1.82) is 0 Å². The van der Waals surface area contributed by atoms with Gasteiger partial charge in [-0.1, -0.05) is 12.1 Å². The second-order valence-corrected chi connectivity index (χ2v) is 6.50. The molecule has 3 rings (SSSR count). The zero-order chi connectivity index (χ0) is 13.8. The molecule has 0 unspecified atom stereocenters. The van der Waals surface area contributed by atoms with Crippen LogP contribution in [0.2, 0.25) is 0 Å². The highest BCUT2D eigenvalue weighted by Gasteiger charge is 2.52. The molecule has 2 heterocycles. The van der Waals surface area contributed by atoms with Gasteiger partial charge in [0.15, 0.2) is 0 Å². The van der Waals surface area contributed by atoms with E-state index in [1.807, 2.05) is 0 Å². The molecule has 3 nitrogen and oxygen atoms in total. The van der Waals surface area contributed by atoms with Crippen molar-refractivity contribution in [2.75, 3.05) is 0 Å². The van der Waals surface area contributed by atoms with Crippen LogP contribution in [0.5, 0.6) is 0 Å². The SMILES string of the molecule is Cc1c(B2OC(C)(C)C(C)(C)O2)ccc2c1COC2. The van der Waals surface area contributed by atoms with E-state index >= 15 is 0 Å². The van der Waals surface area contributed by atoms with E-state index in [-0.39, 0.29) is 18.3 Å². The van der Waals surface area contributed by atoms with Gasteiger partial charge in [0.2, 0.25) is 0 Å². The van der Waals surface area contributed by atoms with Crippen molar-refractivity contribution in [2.45, 2.75) is 59.0 Å². The van der Waals surface area contributed by atoms with Crippen LogP contribution >= 0.6 is 0 Å². The molecule has 1 aromatic carbocycles. The van der Waals surface area contributed by atoms with Crippen LogP contribution in [0, 0.1) is 6.92 Å². The molecule has 0 N–H and O–H groups in total. The highest BCUT2D eigenvalue weighted by Crippen LogP contribution is 2.37. The van der Waals surface area contributed by atoms with Crippen molar-refractivity contribution in [3.05, 3.63) is 28.8 Å². The molecule has 102 valence electrons. The van der Waals surface area contributed by atoms with Crippen molar-refractivity contribution >= 4 is 12.6 Å². The molecule has 2 aliphatic rings. The van der Waals surface area contributed by atoms with E-state index in [4.69, 9.17) is 14.0 Å². The molecular formula is C15H21BO3. The lowest BCUT2D eigenvalue weighted by Crippen LogP contribution is -2.41. The first kappa shape index (κ1) is 13.2. The Morgan fingerprint density at radius 2 is 1.63 bits per heavy atom. The van der Waals surface area contributed by atoms with E-state index in [9.17, 15) is 0 Å². The lowest BCUT2D eigenvalue weighted by molar-refractivity contribution is 0.00578. The van der Waals surface area contributed by atoms with Gasteiger partial charge in [0.25, 0.3) is 0 Å². The topological polar surface area (TPSA) is 27.7 Å². The fraction of sp³-hybridized carbons (Fsp3) is 0.600. The zero-order valence-corrected chi connectivity index (χ0v) is 12.4. The van der Waals surface area contributed by atoms with Crippen LogP contribution < -0.4 is 5.46 Å². The molecule has 1 aromatic rings. The van der Waals surface area contributed by atoms with Crippen molar-refractivity contribution in [2.24, 2.45) is 0 Å². The van der Waals surface area contributed by atoms with E-state index in [1.165, 1.54) is 16.7 Å². The Balaban J connectivity index is 1.97. The minimum absolute atomic E-state index is 0.282. The van der Waals surface area contributed by atoms with Crippen LogP contribution in [0.1, 0.15) is 44.4 Å². The third kappa shape index (κ3) is 1.94. The smallest absolute Gasteiger partial charge is 0.399 e. The highest BCUT2D eigenvalue weighted by molar-refractivity contribution is 6.62. The second kappa shape index (κ2) is 4.08. The van der Waals surface area contributed by atoms with Crippen molar-refractivity contribution in [3.8, 4) is 0 Å². The third-order valence-electron chi connectivity index (χ3n) is 4.75. The quantitative estimate of drug-likeness (QED) is 0.725. The molecule has 1 fully saturated rings. The molecule has 0 bridgehead atoms. The fourth-order valence-corrected chi connectivity index (χ4v) is 2.66. The first-order valence-corrected chi connectivity index (χ1v) is 6.86. The van der Waals surface area contributed by atoms with Gasteiger partial charge in [0.05, 0.1) is 24.4 Å². The number of hydrogen-bond acceptors (Lipinski definition) is 3. The summed E-state index contributed by atoms with van der Waals surface area (Å²) in [5, 5.41) is 0. The van der Waals surface area contributed by atoms with Gasteiger partial charge >= 0.3 is 7.12 Å². The van der Waals surface area contributed by atoms with Gasteiger partial charge in [-0.25, -0.2) is 0 Å². The third-order valence-corrected chi connectivity index (χ3v) is 4.75. The van der Waals surface area contributed by atoms with E-state index in [2.05, 4.69) is 46.8 Å². The highest BCUT2D eigenvalue weighted by atomic mass is 16.7. The second-order valence-electron chi connectivity index (χ2n) is 6.50. The predicted octanol–water partition coefficient (Wildman–Crippen LogP) is 2.32. The van der Waals surface area contributed by atoms with Crippen LogP contribution in [0.25, 0.3) is 0 Å². The van der Waals surface area contributed by atoms with Crippen LogP contribution in [0.4, 0.5) is 0 Å². The molecule has 0 saturated carbocycles. The normalized spacial score (nSPS) is 23.7. The number of ether oxygens (including phenoxy) is 1. The standard InChI is InChI=1S/C15H21BO3/c1-10-12-9-17-8-11(12)6-7-13(10)16-18-14(2,3)15(4,5)19-16/h6-7H,8-9H2,1-5H3. The summed E-state index contributed by atoms with van der Waals surface area (Å²) in [4.78, 5) is 0. The Labute approximate surface area is 115 Å². The molecular weight excluding hydrogens is 239 g/mol. The summed E-state index contributed by atoms with van der Waals surface area (Å²) in [5.41, 5.74) is 4.38. The van der Waals surface area contributed by atoms with Crippen molar-refractivity contribution in [3.63, 3.8) is 0 Å². The summed E-state index contributed by atoms with van der Waals surface area (Å²) in [6.45, 7) is 11.9. The van der Waals surface area contributed by atoms with Gasteiger partial charge in [-0.15, -0.1) is 0 Å². The summed E-state index contributed by atoms with van der Waals surface area (Å²) in [6.07, 6.45) is 0. The first-order valence-electron chi connectivity index (χ1n) is 6.86. The lowest BCUT2D eigenvalue weighted by atomic mass is 9.74. The number of hydrogen-bond donors (Lipinski definition) is 0. The van der Waals surface area contributed by atoms with Gasteiger partial charge in [-0.3, -0.25) is 0 Å². The molecule has 0 aliphatic carbocycles. The number of benzene rings is 1. The summed E-state index contributed by atoms with van der Waals surface area (Å²) in [5.74, 6) is 0. The average molecular weight is 260 g/mol. The van der Waals surface area contributed by atoms with Crippen LogP contribution in [-0.4, -0.2) is 18.3 Å². The maximum absolute atomic E-state index is 6.13. The molecule has 19 heavy (non-hydrogen) atoms. The minimum Gasteiger partial charge on any atom is -0.399 e. The zero-order valence-electron chi connectivity index (χ0n) is 12.4. The molecule has 0 aromatic heterocycles. The van der Waals surface area contributed by atoms with E-state index in [0.717, 1.165) is 12.1 Å². The van der Waals surface area contributed by atoms with Gasteiger partial charge in [0.1, 0.15) is 0 Å². The molecule has 0 atom stereocenters. The summed E-state index contributed by atoms with van der Waals surface area (Å²) in [6, 6.07) is 4.25. The van der Waals surface area contributed by atoms with Gasteiger partial charge in [-0.05, 0) is 56.8 Å². The van der Waals surface area contributed by atoms with Crippen LogP contribution in [0.15, 0.2) is 12.1 Å². The first-order chi connectivity index (χ1) is 8.82. The Kier molecular flexibility index (Phi) is 2.82. The molecule has 0 spiro atoms. The molecule has 0 amide bonds. The summed E-state index contributed by atoms with van der Waals surface area (Å²) >= 11 is 0. The molecule has 1 saturated heterocycles. The minimum atomic E-state index is -0.292. The van der Waals surface area contributed by atoms with Gasteiger partial charge in [-0.2, -0.15) is 0 Å². The van der Waals surface area contributed by atoms with Crippen molar-refractivity contribution in [1.82, 2.24) is 0 Å². The largest absolute Gasteiger partial charge is 0.495 e. The summed E-state index contributed by atoms with van der Waals surface area (Å²) < 4.78 is 17.8. The maximum Gasteiger partial charge on any atom is 0.495 e. The van der Waals surface area contributed by atoms with Crippen LogP contribution in [0.3, 0.4) is 0 Å². The van der Waals surface area contributed by atoms with E-state index in [1.54, 1.807) is 0 Å². The van der Waals surface area contributed by atoms with Gasteiger partial charge in [0, 0.05) is 0 Å². The molecule has 2 aliphatic heterocycles. The van der Waals surface area contributed by atoms with Gasteiger partial charge < -0.3 is 14.0 Å². The van der Waals surface area contributed by atoms with Crippen LogP contribution in [-0.2, 0) is 27.3 Å². The lowest BCUT2D eigenvalue weighted by Gasteiger charge is -2.32. The number of fused-ring (bicyclic) bond motifs is 1. The van der Waals surface area contributed by atoms with E-state index in [0.29, 0.717) is 6.61 Å². The van der Waals surface area contributed by atoms with E-state index < -0.39 is 0 Å². The predicted molar refractivity (Wildman–Crippen MR) is 75.4 cm³/mol. The maximum atomic E-state index is 6.13. The average Bonchev–Trinajstić information content (AvgIpc) is 2.83. The summed E-state index contributed by atoms with van der Waals surface area (Å²) in [7, 11) is -0.282. The molecule has 0 radical (unpaired) electrons. The monoisotopic (exact) mass is 260 g/mol. The Morgan fingerprint density at radius 1 is 1.00 bits per heavy atom.